The number of carbonyl (C=O) groups excluding carboxylic acids is 1. The highest BCUT2D eigenvalue weighted by Gasteiger charge is 2.23. The molecule has 4 aromatic rings. The predicted octanol–water partition coefficient (Wildman–Crippen LogP) is 5.60. The van der Waals surface area contributed by atoms with Crippen LogP contribution in [0.15, 0.2) is 68.5 Å². The van der Waals surface area contributed by atoms with Crippen molar-refractivity contribution in [2.24, 2.45) is 5.10 Å². The second kappa shape index (κ2) is 11.0. The first kappa shape index (κ1) is 24.8. The lowest BCUT2D eigenvalue weighted by molar-refractivity contribution is -0.118. The fourth-order valence-electron chi connectivity index (χ4n) is 4.24. The van der Waals surface area contributed by atoms with Gasteiger partial charge in [0.25, 0.3) is 11.5 Å². The normalized spacial score (nSPS) is 13.3. The number of aryl methyl sites for hydroxylation is 3. The molecule has 0 saturated heterocycles. The van der Waals surface area contributed by atoms with E-state index in [1.165, 1.54) is 21.5 Å². The quantitative estimate of drug-likeness (QED) is 0.145. The molecule has 0 atom stereocenters. The minimum absolute atomic E-state index is 0.0575. The van der Waals surface area contributed by atoms with Crippen LogP contribution < -0.4 is 11.0 Å². The van der Waals surface area contributed by atoms with Gasteiger partial charge >= 0.3 is 0 Å². The highest BCUT2D eigenvalue weighted by atomic mass is 32.2. The molecule has 0 aliphatic heterocycles. The smallest absolute Gasteiger partial charge is 0.267 e. The SMILES string of the molecule is CSc1ccc(/C=N/NC(=O)CSc2nc3sc4c(c3c(=O)n2-c2ccc(C)cc2)CCCC4)cc1. The number of rotatable bonds is 7. The summed E-state index contributed by atoms with van der Waals surface area (Å²) in [5.41, 5.74) is 6.46. The Morgan fingerprint density at radius 2 is 1.89 bits per heavy atom. The maximum Gasteiger partial charge on any atom is 0.267 e. The van der Waals surface area contributed by atoms with E-state index in [2.05, 4.69) is 10.5 Å². The summed E-state index contributed by atoms with van der Waals surface area (Å²) in [6.07, 6.45) is 7.82. The molecule has 1 amide bonds. The standard InChI is InChI=1S/C27H26N4O2S3/c1-17-7-11-19(12-8-17)31-26(33)24-21-5-3-4-6-22(21)36-25(24)29-27(31)35-16-23(32)30-28-15-18-9-13-20(34-2)14-10-18/h7-15H,3-6,16H2,1-2H3,(H,30,32)/b28-15+. The Hall–Kier alpha value is -2.88. The predicted molar refractivity (Wildman–Crippen MR) is 151 cm³/mol. The molecule has 0 radical (unpaired) electrons. The molecule has 0 fully saturated rings. The Morgan fingerprint density at radius 3 is 2.64 bits per heavy atom. The van der Waals surface area contributed by atoms with E-state index < -0.39 is 0 Å². The highest BCUT2D eigenvalue weighted by Crippen LogP contribution is 2.35. The number of thiophene rings is 1. The first-order valence-corrected chi connectivity index (χ1v) is 14.8. The van der Waals surface area contributed by atoms with Gasteiger partial charge in [-0.15, -0.1) is 23.1 Å². The zero-order chi connectivity index (χ0) is 25.1. The topological polar surface area (TPSA) is 76.3 Å². The third kappa shape index (κ3) is 5.28. The fourth-order valence-corrected chi connectivity index (χ4v) is 6.75. The maximum atomic E-state index is 13.8. The van der Waals surface area contributed by atoms with E-state index in [1.54, 1.807) is 33.9 Å². The molecule has 2 aromatic carbocycles. The number of hydrazone groups is 1. The zero-order valence-electron chi connectivity index (χ0n) is 20.1. The number of carbonyl (C=O) groups is 1. The van der Waals surface area contributed by atoms with Crippen LogP contribution in [0.4, 0.5) is 0 Å². The number of nitrogens with one attached hydrogen (secondary N) is 1. The summed E-state index contributed by atoms with van der Waals surface area (Å²) in [5.74, 6) is -0.162. The van der Waals surface area contributed by atoms with Gasteiger partial charge in [0, 0.05) is 9.77 Å². The summed E-state index contributed by atoms with van der Waals surface area (Å²) >= 11 is 4.54. The van der Waals surface area contributed by atoms with Crippen LogP contribution in [0.3, 0.4) is 0 Å². The van der Waals surface area contributed by atoms with Crippen LogP contribution in [0.5, 0.6) is 0 Å². The van der Waals surface area contributed by atoms with Gasteiger partial charge in [0.05, 0.1) is 23.0 Å². The van der Waals surface area contributed by atoms with Crippen LogP contribution in [0.1, 0.15) is 34.4 Å². The van der Waals surface area contributed by atoms with Crippen molar-refractivity contribution in [2.75, 3.05) is 12.0 Å². The molecule has 1 aliphatic rings. The van der Waals surface area contributed by atoms with Gasteiger partial charge in [-0.2, -0.15) is 5.10 Å². The number of thioether (sulfide) groups is 2. The molecule has 1 N–H and O–H groups in total. The van der Waals surface area contributed by atoms with E-state index in [4.69, 9.17) is 4.98 Å². The Morgan fingerprint density at radius 1 is 1.14 bits per heavy atom. The molecule has 2 aromatic heterocycles. The molecular formula is C27H26N4O2S3. The number of aromatic nitrogens is 2. The summed E-state index contributed by atoms with van der Waals surface area (Å²) in [6, 6.07) is 15.8. The van der Waals surface area contributed by atoms with Crippen LogP contribution in [-0.2, 0) is 17.6 Å². The Balaban J connectivity index is 1.40. The van der Waals surface area contributed by atoms with Gasteiger partial charge in [-0.1, -0.05) is 41.6 Å². The molecule has 0 spiro atoms. The average Bonchev–Trinajstić information content (AvgIpc) is 3.27. The van der Waals surface area contributed by atoms with Crippen LogP contribution in [0.25, 0.3) is 15.9 Å². The highest BCUT2D eigenvalue weighted by molar-refractivity contribution is 7.99. The number of hydrogen-bond donors (Lipinski definition) is 1. The van der Waals surface area contributed by atoms with Gasteiger partial charge in [0.1, 0.15) is 4.83 Å². The van der Waals surface area contributed by atoms with Crippen LogP contribution in [0.2, 0.25) is 0 Å². The second-order valence-electron chi connectivity index (χ2n) is 8.62. The molecule has 2 heterocycles. The van der Waals surface area contributed by atoms with E-state index >= 15 is 0 Å². The van der Waals surface area contributed by atoms with Crippen LogP contribution in [-0.4, -0.2) is 33.7 Å². The summed E-state index contributed by atoms with van der Waals surface area (Å²) in [6.45, 7) is 2.01. The Labute approximate surface area is 222 Å². The summed E-state index contributed by atoms with van der Waals surface area (Å²) in [4.78, 5) is 34.4. The van der Waals surface area contributed by atoms with Crippen molar-refractivity contribution in [2.45, 2.75) is 42.7 Å². The van der Waals surface area contributed by atoms with E-state index in [1.807, 2.05) is 61.7 Å². The molecule has 36 heavy (non-hydrogen) atoms. The number of nitrogens with zero attached hydrogens (tertiary/aromatic N) is 3. The van der Waals surface area contributed by atoms with E-state index in [0.29, 0.717) is 5.16 Å². The van der Waals surface area contributed by atoms with Crippen molar-refractivity contribution >= 4 is 57.2 Å². The molecule has 0 saturated carbocycles. The zero-order valence-corrected chi connectivity index (χ0v) is 22.6. The molecule has 1 aliphatic carbocycles. The molecule has 6 nitrogen and oxygen atoms in total. The van der Waals surface area contributed by atoms with Crippen molar-refractivity contribution in [3.8, 4) is 5.69 Å². The minimum atomic E-state index is -0.257. The van der Waals surface area contributed by atoms with Crippen molar-refractivity contribution in [1.82, 2.24) is 15.0 Å². The summed E-state index contributed by atoms with van der Waals surface area (Å²) in [5, 5.41) is 5.33. The maximum absolute atomic E-state index is 13.8. The molecular weight excluding hydrogens is 509 g/mol. The van der Waals surface area contributed by atoms with Gasteiger partial charge in [0.15, 0.2) is 5.16 Å². The van der Waals surface area contributed by atoms with E-state index in [0.717, 1.165) is 58.3 Å². The lowest BCUT2D eigenvalue weighted by Gasteiger charge is -2.13. The monoisotopic (exact) mass is 534 g/mol. The summed E-state index contributed by atoms with van der Waals surface area (Å²) in [7, 11) is 0. The Kier molecular flexibility index (Phi) is 7.59. The van der Waals surface area contributed by atoms with Gasteiger partial charge in [-0.05, 0) is 74.3 Å². The number of hydrogen-bond acceptors (Lipinski definition) is 7. The number of amides is 1. The van der Waals surface area contributed by atoms with Crippen molar-refractivity contribution in [3.05, 3.63) is 80.5 Å². The van der Waals surface area contributed by atoms with Gasteiger partial charge in [0.2, 0.25) is 0 Å². The fraction of sp³-hybridized carbons (Fsp3) is 0.259. The van der Waals surface area contributed by atoms with Crippen LogP contribution in [0, 0.1) is 6.92 Å². The summed E-state index contributed by atoms with van der Waals surface area (Å²) < 4.78 is 1.65. The average molecular weight is 535 g/mol. The third-order valence-corrected chi connectivity index (χ3v) is 8.97. The van der Waals surface area contributed by atoms with Gasteiger partial charge < -0.3 is 0 Å². The first-order chi connectivity index (χ1) is 17.5. The second-order valence-corrected chi connectivity index (χ2v) is 11.5. The number of benzene rings is 2. The molecule has 0 bridgehead atoms. The van der Waals surface area contributed by atoms with E-state index in [-0.39, 0.29) is 17.2 Å². The van der Waals surface area contributed by atoms with Crippen molar-refractivity contribution < 1.29 is 4.79 Å². The largest absolute Gasteiger partial charge is 0.272 e. The first-order valence-electron chi connectivity index (χ1n) is 11.8. The van der Waals surface area contributed by atoms with Crippen LogP contribution >= 0.6 is 34.9 Å². The van der Waals surface area contributed by atoms with Gasteiger partial charge in [-0.25, -0.2) is 10.4 Å². The van der Waals surface area contributed by atoms with Crippen molar-refractivity contribution in [3.63, 3.8) is 0 Å². The van der Waals surface area contributed by atoms with E-state index in [9.17, 15) is 9.59 Å². The van der Waals surface area contributed by atoms with Crippen molar-refractivity contribution in [1.29, 1.82) is 0 Å². The number of fused-ring (bicyclic) bond motifs is 3. The molecule has 9 heteroatoms. The lowest BCUT2D eigenvalue weighted by Crippen LogP contribution is -2.24. The molecule has 184 valence electrons. The molecule has 5 rings (SSSR count). The minimum Gasteiger partial charge on any atom is -0.272 e. The Bertz CT molecular complexity index is 1490. The third-order valence-electron chi connectivity index (χ3n) is 6.10. The van der Waals surface area contributed by atoms with Gasteiger partial charge in [-0.3, -0.25) is 14.2 Å². The lowest BCUT2D eigenvalue weighted by atomic mass is 9.97. The molecule has 0 unspecified atom stereocenters.